The molecule has 0 unspecified atom stereocenters. The normalized spacial score (nSPS) is 15.2. The smallest absolute Gasteiger partial charge is 0.242 e. The number of rotatable bonds is 9. The van der Waals surface area contributed by atoms with Crippen molar-refractivity contribution >= 4 is 23.6 Å². The molecule has 0 aromatic heterocycles. The number of hydrogen-bond donors (Lipinski definition) is 1. The van der Waals surface area contributed by atoms with Crippen LogP contribution in [0, 0.1) is 12.7 Å². The molecule has 0 radical (unpaired) electrons. The molecule has 1 atom stereocenters. The molecular weight excluding hydrogens is 423 g/mol. The summed E-state index contributed by atoms with van der Waals surface area (Å²) in [5, 5.41) is 3.11. The van der Waals surface area contributed by atoms with Crippen LogP contribution in [0.1, 0.15) is 55.7 Å². The van der Waals surface area contributed by atoms with Gasteiger partial charge < -0.3 is 10.2 Å². The summed E-state index contributed by atoms with van der Waals surface area (Å²) in [5.74, 6) is 0.269. The Kier molecular flexibility index (Phi) is 9.15. The first-order chi connectivity index (χ1) is 15.4. The van der Waals surface area contributed by atoms with Gasteiger partial charge in [0.2, 0.25) is 11.8 Å². The van der Waals surface area contributed by atoms with Gasteiger partial charge in [-0.25, -0.2) is 4.39 Å². The lowest BCUT2D eigenvalue weighted by molar-refractivity contribution is -0.139. The molecule has 1 aliphatic rings. The van der Waals surface area contributed by atoms with Crippen LogP contribution in [0.2, 0.25) is 0 Å². The van der Waals surface area contributed by atoms with Gasteiger partial charge in [0.05, 0.1) is 5.75 Å². The highest BCUT2D eigenvalue weighted by Gasteiger charge is 2.28. The quantitative estimate of drug-likeness (QED) is 0.562. The van der Waals surface area contributed by atoms with Crippen LogP contribution < -0.4 is 5.32 Å². The fraction of sp³-hybridized carbons (Fsp3) is 0.462. The average Bonchev–Trinajstić information content (AvgIpc) is 2.80. The predicted molar refractivity (Wildman–Crippen MR) is 129 cm³/mol. The summed E-state index contributed by atoms with van der Waals surface area (Å²) < 4.78 is 14.3. The summed E-state index contributed by atoms with van der Waals surface area (Å²) in [6.45, 7) is 3.86. The van der Waals surface area contributed by atoms with E-state index in [0.717, 1.165) is 31.2 Å². The standard InChI is InChI=1S/C26H33FN2O2S/c1-19-12-14-21(15-13-19)17-32-18-25(30)29(16-22-8-6-7-11-24(22)27)20(2)26(31)28-23-9-4-3-5-10-23/h6-8,11-15,20,23H,3-5,9-10,16-18H2,1-2H3,(H,28,31)/t20-/m1/s1. The molecule has 1 saturated carbocycles. The van der Waals surface area contributed by atoms with Crippen LogP contribution in [0.4, 0.5) is 4.39 Å². The van der Waals surface area contributed by atoms with Gasteiger partial charge in [0.15, 0.2) is 0 Å². The maximum atomic E-state index is 14.3. The summed E-state index contributed by atoms with van der Waals surface area (Å²) in [6, 6.07) is 14.2. The van der Waals surface area contributed by atoms with Gasteiger partial charge in [0.1, 0.15) is 11.9 Å². The van der Waals surface area contributed by atoms with Crippen LogP contribution in [0.5, 0.6) is 0 Å². The van der Waals surface area contributed by atoms with Crippen LogP contribution in [0.25, 0.3) is 0 Å². The van der Waals surface area contributed by atoms with Gasteiger partial charge >= 0.3 is 0 Å². The van der Waals surface area contributed by atoms with Gasteiger partial charge in [-0.1, -0.05) is 67.3 Å². The maximum absolute atomic E-state index is 14.3. The number of thioether (sulfide) groups is 1. The number of hydrogen-bond acceptors (Lipinski definition) is 3. The third-order valence-electron chi connectivity index (χ3n) is 6.03. The van der Waals surface area contributed by atoms with Crippen molar-refractivity contribution in [2.45, 2.75) is 70.3 Å². The Bertz CT molecular complexity index is 897. The monoisotopic (exact) mass is 456 g/mol. The Balaban J connectivity index is 1.65. The summed E-state index contributed by atoms with van der Waals surface area (Å²) in [6.07, 6.45) is 5.40. The van der Waals surface area contributed by atoms with E-state index in [-0.39, 0.29) is 36.0 Å². The lowest BCUT2D eigenvalue weighted by atomic mass is 9.95. The highest BCUT2D eigenvalue weighted by Crippen LogP contribution is 2.20. The van der Waals surface area contributed by atoms with Gasteiger partial charge in [0, 0.05) is 23.9 Å². The summed E-state index contributed by atoms with van der Waals surface area (Å²) in [5.41, 5.74) is 2.77. The number of carbonyl (C=O) groups excluding carboxylic acids is 2. The Labute approximate surface area is 195 Å². The number of aryl methyl sites for hydroxylation is 1. The van der Waals surface area contributed by atoms with Crippen molar-refractivity contribution in [3.05, 3.63) is 71.0 Å². The minimum absolute atomic E-state index is 0.0792. The molecule has 0 bridgehead atoms. The zero-order valence-corrected chi connectivity index (χ0v) is 19.8. The van der Waals surface area contributed by atoms with E-state index in [1.807, 2.05) is 6.92 Å². The van der Waals surface area contributed by atoms with Gasteiger partial charge in [-0.15, -0.1) is 11.8 Å². The SMILES string of the molecule is Cc1ccc(CSCC(=O)N(Cc2ccccc2F)[C@H](C)C(=O)NC2CCCCC2)cc1. The van der Waals surface area contributed by atoms with E-state index in [1.165, 1.54) is 34.7 Å². The second-order valence-corrected chi connectivity index (χ2v) is 9.60. The number of halogens is 1. The van der Waals surface area contributed by atoms with E-state index in [9.17, 15) is 14.0 Å². The Hall–Kier alpha value is -2.34. The Morgan fingerprint density at radius 3 is 2.47 bits per heavy atom. The third-order valence-corrected chi connectivity index (χ3v) is 7.02. The van der Waals surface area contributed by atoms with Crippen LogP contribution in [0.3, 0.4) is 0 Å². The Morgan fingerprint density at radius 2 is 1.78 bits per heavy atom. The second kappa shape index (κ2) is 12.0. The Morgan fingerprint density at radius 1 is 1.09 bits per heavy atom. The summed E-state index contributed by atoms with van der Waals surface area (Å²) in [7, 11) is 0. The highest BCUT2D eigenvalue weighted by molar-refractivity contribution is 7.99. The zero-order valence-electron chi connectivity index (χ0n) is 19.0. The first-order valence-corrected chi connectivity index (χ1v) is 12.6. The number of nitrogens with zero attached hydrogens (tertiary/aromatic N) is 1. The molecule has 1 fully saturated rings. The minimum Gasteiger partial charge on any atom is -0.352 e. The lowest BCUT2D eigenvalue weighted by Crippen LogP contribution is -2.51. The summed E-state index contributed by atoms with van der Waals surface area (Å²) >= 11 is 1.51. The van der Waals surface area contributed by atoms with Crippen molar-refractivity contribution in [2.75, 3.05) is 5.75 Å². The molecule has 6 heteroatoms. The van der Waals surface area contributed by atoms with E-state index in [4.69, 9.17) is 0 Å². The topological polar surface area (TPSA) is 49.4 Å². The maximum Gasteiger partial charge on any atom is 0.242 e. The van der Waals surface area contributed by atoms with E-state index in [2.05, 4.69) is 29.6 Å². The van der Waals surface area contributed by atoms with Crippen LogP contribution in [0.15, 0.2) is 48.5 Å². The number of benzene rings is 2. The number of nitrogens with one attached hydrogen (secondary N) is 1. The average molecular weight is 457 g/mol. The molecule has 2 aromatic rings. The first kappa shape index (κ1) is 24.3. The summed E-state index contributed by atoms with van der Waals surface area (Å²) in [4.78, 5) is 27.6. The molecule has 0 spiro atoms. The molecule has 32 heavy (non-hydrogen) atoms. The first-order valence-electron chi connectivity index (χ1n) is 11.4. The lowest BCUT2D eigenvalue weighted by Gasteiger charge is -2.31. The molecule has 0 heterocycles. The molecule has 0 saturated heterocycles. The van der Waals surface area contributed by atoms with E-state index in [0.29, 0.717) is 11.3 Å². The van der Waals surface area contributed by atoms with Crippen molar-refractivity contribution in [3.8, 4) is 0 Å². The van der Waals surface area contributed by atoms with Gasteiger partial charge in [-0.2, -0.15) is 0 Å². The second-order valence-electron chi connectivity index (χ2n) is 8.61. The fourth-order valence-electron chi connectivity index (χ4n) is 3.98. The van der Waals surface area contributed by atoms with Crippen LogP contribution >= 0.6 is 11.8 Å². The third kappa shape index (κ3) is 7.09. The van der Waals surface area contributed by atoms with Crippen molar-refractivity contribution in [2.24, 2.45) is 0 Å². The molecule has 2 aromatic carbocycles. The highest BCUT2D eigenvalue weighted by atomic mass is 32.2. The number of amides is 2. The molecule has 172 valence electrons. The molecular formula is C26H33FN2O2S. The van der Waals surface area contributed by atoms with Crippen LogP contribution in [-0.4, -0.2) is 34.6 Å². The van der Waals surface area contributed by atoms with Crippen molar-refractivity contribution in [1.82, 2.24) is 10.2 Å². The molecule has 0 aliphatic heterocycles. The molecule has 1 N–H and O–H groups in total. The largest absolute Gasteiger partial charge is 0.352 e. The van der Waals surface area contributed by atoms with Crippen LogP contribution in [-0.2, 0) is 21.9 Å². The van der Waals surface area contributed by atoms with Gasteiger partial charge in [0.25, 0.3) is 0 Å². The molecule has 4 nitrogen and oxygen atoms in total. The van der Waals surface area contributed by atoms with Crippen molar-refractivity contribution < 1.29 is 14.0 Å². The predicted octanol–water partition coefficient (Wildman–Crippen LogP) is 5.23. The zero-order chi connectivity index (χ0) is 22.9. The molecule has 1 aliphatic carbocycles. The minimum atomic E-state index is -0.663. The van der Waals surface area contributed by atoms with Crippen molar-refractivity contribution in [1.29, 1.82) is 0 Å². The van der Waals surface area contributed by atoms with E-state index < -0.39 is 6.04 Å². The van der Waals surface area contributed by atoms with E-state index in [1.54, 1.807) is 25.1 Å². The van der Waals surface area contributed by atoms with E-state index >= 15 is 0 Å². The fourth-order valence-corrected chi connectivity index (χ4v) is 4.86. The van der Waals surface area contributed by atoms with Gasteiger partial charge in [-0.3, -0.25) is 9.59 Å². The molecule has 3 rings (SSSR count). The number of carbonyl (C=O) groups is 2. The van der Waals surface area contributed by atoms with Crippen molar-refractivity contribution in [3.63, 3.8) is 0 Å². The molecule has 2 amide bonds. The van der Waals surface area contributed by atoms with Gasteiger partial charge in [-0.05, 0) is 38.3 Å².